The number of fused-ring (bicyclic) bond motifs is 2. The smallest absolute Gasteiger partial charge is 0.341 e. The lowest BCUT2D eigenvalue weighted by Crippen LogP contribution is -2.45. The zero-order chi connectivity index (χ0) is 25.8. The van der Waals surface area contributed by atoms with E-state index in [1.807, 2.05) is 36.1 Å². The predicted octanol–water partition coefficient (Wildman–Crippen LogP) is 0.385. The van der Waals surface area contributed by atoms with Gasteiger partial charge in [-0.25, -0.2) is 24.4 Å². The largest absolute Gasteiger partial charge is 0.400 e. The molecule has 1 aliphatic rings. The average molecular weight is 514 g/mol. The summed E-state index contributed by atoms with van der Waals surface area (Å²) in [5.41, 5.74) is 0.927. The van der Waals surface area contributed by atoms with Crippen LogP contribution >= 0.6 is 7.75 Å². The minimum Gasteiger partial charge on any atom is -0.341 e. The zero-order valence-electron chi connectivity index (χ0n) is 20.1. The van der Waals surface area contributed by atoms with Crippen molar-refractivity contribution < 1.29 is 14.4 Å². The Hall–Kier alpha value is -3.38. The summed E-state index contributed by atoms with van der Waals surface area (Å²) in [5.74, 6) is 0.805. The molecule has 3 aromatic heterocycles. The van der Waals surface area contributed by atoms with Gasteiger partial charge in [0.1, 0.15) is 5.82 Å². The highest BCUT2D eigenvalue weighted by Crippen LogP contribution is 2.32. The number of hydrogen-bond acceptors (Lipinski definition) is 7. The normalized spacial score (nSPS) is 16.8. The molecule has 1 fully saturated rings. The highest BCUT2D eigenvalue weighted by atomic mass is 31.2. The van der Waals surface area contributed by atoms with E-state index in [1.54, 1.807) is 18.7 Å². The number of nitrogens with zero attached hydrogens (tertiary/aromatic N) is 7. The first-order chi connectivity index (χ1) is 17.0. The molecule has 13 nitrogen and oxygen atoms in total. The van der Waals surface area contributed by atoms with Gasteiger partial charge in [-0.2, -0.15) is 4.98 Å². The first-order valence-corrected chi connectivity index (χ1v) is 13.1. The fraction of sp³-hybridized carbons (Fsp3) is 0.409. The lowest BCUT2D eigenvalue weighted by molar-refractivity contribution is 0.336. The third kappa shape index (κ3) is 4.35. The van der Waals surface area contributed by atoms with Crippen molar-refractivity contribution in [2.45, 2.75) is 32.4 Å². The van der Waals surface area contributed by atoms with Crippen molar-refractivity contribution in [3.63, 3.8) is 0 Å². The van der Waals surface area contributed by atoms with E-state index in [0.29, 0.717) is 37.7 Å². The third-order valence-corrected chi connectivity index (χ3v) is 7.23. The summed E-state index contributed by atoms with van der Waals surface area (Å²) in [6.07, 6.45) is 1.28. The zero-order valence-corrected chi connectivity index (χ0v) is 21.0. The van der Waals surface area contributed by atoms with Crippen molar-refractivity contribution in [2.24, 2.45) is 14.1 Å². The molecular formula is C22H27N8O5P. The topological polar surface area (TPSA) is 160 Å². The van der Waals surface area contributed by atoms with E-state index in [4.69, 9.17) is 0 Å². The average Bonchev–Trinajstić information content (AvgIpc) is 3.17. The lowest BCUT2D eigenvalue weighted by atomic mass is 10.1. The van der Waals surface area contributed by atoms with E-state index in [1.165, 1.54) is 4.57 Å². The van der Waals surface area contributed by atoms with Crippen LogP contribution < -0.4 is 21.2 Å². The summed E-state index contributed by atoms with van der Waals surface area (Å²) in [5, 5.41) is 3.25. The quantitative estimate of drug-likeness (QED) is 0.318. The Kier molecular flexibility index (Phi) is 6.03. The van der Waals surface area contributed by atoms with Crippen LogP contribution in [-0.2, 0) is 25.2 Å². The maximum atomic E-state index is 13.5. The van der Waals surface area contributed by atoms with Crippen molar-refractivity contribution in [3.8, 4) is 0 Å². The maximum Gasteiger partial charge on any atom is 0.400 e. The van der Waals surface area contributed by atoms with Crippen LogP contribution in [0.3, 0.4) is 0 Å². The van der Waals surface area contributed by atoms with Crippen LogP contribution in [0.1, 0.15) is 24.4 Å². The number of benzene rings is 1. The van der Waals surface area contributed by atoms with Crippen LogP contribution in [0.5, 0.6) is 0 Å². The molecule has 0 spiro atoms. The number of hydrogen-bond donors (Lipinski definition) is 3. The molecule has 190 valence electrons. The predicted molar refractivity (Wildman–Crippen MR) is 134 cm³/mol. The number of anilines is 1. The van der Waals surface area contributed by atoms with E-state index >= 15 is 0 Å². The number of para-hydroxylation sites is 1. The Balaban J connectivity index is 1.56. The van der Waals surface area contributed by atoms with Gasteiger partial charge in [-0.3, -0.25) is 13.9 Å². The van der Waals surface area contributed by atoms with E-state index < -0.39 is 25.0 Å². The Morgan fingerprint density at radius 2 is 1.86 bits per heavy atom. The SMILES string of the molecule is Cc1nc(Cn2c(=O)c3c(nc(N4CCC[C@@H](NP(=O)(O)O)C4)n3C)n(C)c2=O)nc2ccccc12. The fourth-order valence-electron chi connectivity index (χ4n) is 4.86. The Morgan fingerprint density at radius 1 is 1.11 bits per heavy atom. The summed E-state index contributed by atoms with van der Waals surface area (Å²) in [7, 11) is -1.14. The fourth-order valence-corrected chi connectivity index (χ4v) is 5.55. The molecule has 3 N–H and O–H groups in total. The molecule has 0 amide bonds. The van der Waals surface area contributed by atoms with Gasteiger partial charge in [0.15, 0.2) is 11.2 Å². The molecule has 1 saturated heterocycles. The molecule has 0 unspecified atom stereocenters. The summed E-state index contributed by atoms with van der Waals surface area (Å²) in [6.45, 7) is 2.67. The van der Waals surface area contributed by atoms with Crippen molar-refractivity contribution in [1.29, 1.82) is 0 Å². The molecule has 5 rings (SSSR count). The Bertz CT molecular complexity index is 1650. The number of nitrogens with one attached hydrogen (secondary N) is 1. The lowest BCUT2D eigenvalue weighted by Gasteiger charge is -2.33. The minimum absolute atomic E-state index is 0.0916. The van der Waals surface area contributed by atoms with Gasteiger partial charge in [0, 0.05) is 44.3 Å². The van der Waals surface area contributed by atoms with E-state index in [0.717, 1.165) is 21.2 Å². The van der Waals surface area contributed by atoms with Crippen LogP contribution in [0.15, 0.2) is 33.9 Å². The van der Waals surface area contributed by atoms with Crippen LogP contribution in [0.2, 0.25) is 0 Å². The van der Waals surface area contributed by atoms with Crippen LogP contribution in [0, 0.1) is 6.92 Å². The third-order valence-electron chi connectivity index (χ3n) is 6.53. The second kappa shape index (κ2) is 8.93. The molecule has 0 radical (unpaired) electrons. The molecule has 0 aliphatic carbocycles. The summed E-state index contributed by atoms with van der Waals surface area (Å²) >= 11 is 0. The molecular weight excluding hydrogens is 487 g/mol. The number of aromatic nitrogens is 6. The summed E-state index contributed by atoms with van der Waals surface area (Å²) < 4.78 is 15.5. The summed E-state index contributed by atoms with van der Waals surface area (Å²) in [4.78, 5) is 60.8. The molecule has 14 heteroatoms. The van der Waals surface area contributed by atoms with Gasteiger partial charge in [0.2, 0.25) is 5.95 Å². The van der Waals surface area contributed by atoms with E-state index in [2.05, 4.69) is 20.0 Å². The minimum atomic E-state index is -4.39. The van der Waals surface area contributed by atoms with Crippen molar-refractivity contribution >= 4 is 35.8 Å². The molecule has 1 aromatic carbocycles. The van der Waals surface area contributed by atoms with Gasteiger partial charge in [0.05, 0.1) is 12.1 Å². The molecule has 4 heterocycles. The number of piperidine rings is 1. The van der Waals surface area contributed by atoms with Gasteiger partial charge in [-0.15, -0.1) is 0 Å². The standard InChI is InChI=1S/C22H27N8O5P/c1-13-15-8-4-5-9-16(15)24-17(23-13)12-30-20(31)18-19(28(3)22(30)32)25-21(27(18)2)29-10-6-7-14(11-29)26-36(33,34)35/h4-5,8-9,14H,6-7,10-12H2,1-3H3,(H3,26,33,34,35)/t14-/m1/s1. The van der Waals surface area contributed by atoms with Gasteiger partial charge >= 0.3 is 13.4 Å². The number of imidazole rings is 1. The summed E-state index contributed by atoms with van der Waals surface area (Å²) in [6, 6.07) is 7.11. The second-order valence-corrected chi connectivity index (χ2v) is 10.4. The Morgan fingerprint density at radius 3 is 2.61 bits per heavy atom. The molecule has 4 aromatic rings. The van der Waals surface area contributed by atoms with Crippen molar-refractivity contribution in [3.05, 3.63) is 56.6 Å². The molecule has 0 saturated carbocycles. The molecule has 1 aliphatic heterocycles. The van der Waals surface area contributed by atoms with E-state index in [9.17, 15) is 23.9 Å². The highest BCUT2D eigenvalue weighted by molar-refractivity contribution is 7.49. The first-order valence-electron chi connectivity index (χ1n) is 11.5. The van der Waals surface area contributed by atoms with E-state index in [-0.39, 0.29) is 17.7 Å². The highest BCUT2D eigenvalue weighted by Gasteiger charge is 2.29. The van der Waals surface area contributed by atoms with Crippen LogP contribution in [0.25, 0.3) is 22.1 Å². The van der Waals surface area contributed by atoms with Gasteiger partial charge in [-0.1, -0.05) is 18.2 Å². The second-order valence-electron chi connectivity index (χ2n) is 9.08. The molecule has 1 atom stereocenters. The molecule has 0 bridgehead atoms. The first kappa shape index (κ1) is 24.3. The maximum absolute atomic E-state index is 13.5. The van der Waals surface area contributed by atoms with Crippen LogP contribution in [0.4, 0.5) is 5.95 Å². The molecule has 36 heavy (non-hydrogen) atoms. The van der Waals surface area contributed by atoms with Crippen molar-refractivity contribution in [2.75, 3.05) is 18.0 Å². The van der Waals surface area contributed by atoms with Gasteiger partial charge < -0.3 is 19.3 Å². The monoisotopic (exact) mass is 514 g/mol. The van der Waals surface area contributed by atoms with Gasteiger partial charge in [0.25, 0.3) is 5.56 Å². The number of rotatable bonds is 5. The van der Waals surface area contributed by atoms with Crippen molar-refractivity contribution in [1.82, 2.24) is 33.7 Å². The Labute approximate surface area is 205 Å². The number of aryl methyl sites for hydroxylation is 3. The van der Waals surface area contributed by atoms with Crippen LogP contribution in [-0.4, -0.2) is 57.6 Å². The van der Waals surface area contributed by atoms with Gasteiger partial charge in [-0.05, 0) is 25.8 Å².